The molecular formula is C34H37N3O6. The Labute approximate surface area is 250 Å². The van der Waals surface area contributed by atoms with Gasteiger partial charge in [0.15, 0.2) is 0 Å². The summed E-state index contributed by atoms with van der Waals surface area (Å²) in [4.78, 5) is 39.2. The maximum atomic E-state index is 12.6. The zero-order chi connectivity index (χ0) is 30.4. The molecule has 0 bridgehead atoms. The van der Waals surface area contributed by atoms with Gasteiger partial charge in [0.2, 0.25) is 0 Å². The Morgan fingerprint density at radius 3 is 2.02 bits per heavy atom. The van der Waals surface area contributed by atoms with Crippen molar-refractivity contribution >= 4 is 5.97 Å². The van der Waals surface area contributed by atoms with E-state index >= 15 is 0 Å². The van der Waals surface area contributed by atoms with E-state index in [9.17, 15) is 14.4 Å². The highest BCUT2D eigenvalue weighted by atomic mass is 16.6. The summed E-state index contributed by atoms with van der Waals surface area (Å²) in [7, 11) is 0. The SMILES string of the molecule is Cc1cn([C@H]2C[C@H](OC(=O)C(C)N)[C@@H](COCCC(c3ccccc3)(c3ccccc3)c3ccccc3)O2)c(=O)[nH]c1=O. The number of nitrogens with one attached hydrogen (secondary N) is 1. The van der Waals surface area contributed by atoms with E-state index in [-0.39, 0.29) is 13.0 Å². The van der Waals surface area contributed by atoms with E-state index in [0.29, 0.717) is 18.6 Å². The Bertz CT molecular complexity index is 1520. The van der Waals surface area contributed by atoms with Crippen LogP contribution in [0, 0.1) is 6.92 Å². The number of carbonyl (C=O) groups is 1. The molecule has 0 saturated carbocycles. The van der Waals surface area contributed by atoms with E-state index < -0.39 is 47.1 Å². The van der Waals surface area contributed by atoms with E-state index in [1.807, 2.05) is 54.6 Å². The molecule has 4 aromatic rings. The van der Waals surface area contributed by atoms with Crippen LogP contribution in [-0.2, 0) is 24.4 Å². The van der Waals surface area contributed by atoms with Crippen LogP contribution in [0.1, 0.15) is 48.2 Å². The van der Waals surface area contributed by atoms with Crippen molar-refractivity contribution in [1.29, 1.82) is 0 Å². The van der Waals surface area contributed by atoms with Crippen LogP contribution in [0.15, 0.2) is 107 Å². The molecule has 4 atom stereocenters. The van der Waals surface area contributed by atoms with E-state index in [0.717, 1.165) is 16.7 Å². The lowest BCUT2D eigenvalue weighted by Gasteiger charge is -2.36. The Balaban J connectivity index is 1.39. The topological polar surface area (TPSA) is 126 Å². The number of nitrogens with two attached hydrogens (primary N) is 1. The van der Waals surface area contributed by atoms with Crippen LogP contribution in [0.5, 0.6) is 0 Å². The zero-order valence-corrected chi connectivity index (χ0v) is 24.3. The molecule has 43 heavy (non-hydrogen) atoms. The molecule has 1 aromatic heterocycles. The first kappa shape index (κ1) is 30.2. The molecule has 1 unspecified atom stereocenters. The predicted molar refractivity (Wildman–Crippen MR) is 163 cm³/mol. The Kier molecular flexibility index (Phi) is 9.35. The fourth-order valence-electron chi connectivity index (χ4n) is 5.73. The van der Waals surface area contributed by atoms with Crippen LogP contribution >= 0.6 is 0 Å². The molecule has 1 aliphatic rings. The van der Waals surface area contributed by atoms with Gasteiger partial charge in [0.1, 0.15) is 24.5 Å². The predicted octanol–water partition coefficient (Wildman–Crippen LogP) is 3.83. The summed E-state index contributed by atoms with van der Waals surface area (Å²) in [6.07, 6.45) is 0.202. The molecule has 0 radical (unpaired) electrons. The van der Waals surface area contributed by atoms with Crippen molar-refractivity contribution in [2.45, 2.75) is 56.6 Å². The van der Waals surface area contributed by atoms with Gasteiger partial charge in [-0.3, -0.25) is 19.1 Å². The third kappa shape index (κ3) is 6.54. The van der Waals surface area contributed by atoms with E-state index in [1.165, 1.54) is 10.8 Å². The average molecular weight is 584 g/mol. The first-order valence-corrected chi connectivity index (χ1v) is 14.5. The Morgan fingerprint density at radius 1 is 0.977 bits per heavy atom. The highest BCUT2D eigenvalue weighted by molar-refractivity contribution is 5.75. The number of aryl methyl sites for hydroxylation is 1. The number of aromatic nitrogens is 2. The summed E-state index contributed by atoms with van der Waals surface area (Å²) in [5, 5.41) is 0. The van der Waals surface area contributed by atoms with E-state index in [2.05, 4.69) is 41.4 Å². The summed E-state index contributed by atoms with van der Waals surface area (Å²) < 4.78 is 19.5. The van der Waals surface area contributed by atoms with Gasteiger partial charge in [0.25, 0.3) is 5.56 Å². The summed E-state index contributed by atoms with van der Waals surface area (Å²) in [5.74, 6) is -0.569. The molecule has 224 valence electrons. The molecule has 3 aromatic carbocycles. The van der Waals surface area contributed by atoms with Gasteiger partial charge in [0, 0.05) is 30.2 Å². The molecule has 9 nitrogen and oxygen atoms in total. The summed E-state index contributed by atoms with van der Waals surface area (Å²) in [5.41, 5.74) is 8.01. The van der Waals surface area contributed by atoms with Gasteiger partial charge in [-0.25, -0.2) is 4.79 Å². The second-order valence-corrected chi connectivity index (χ2v) is 10.9. The largest absolute Gasteiger partial charge is 0.458 e. The lowest BCUT2D eigenvalue weighted by molar-refractivity contribution is -0.155. The molecule has 0 aliphatic carbocycles. The molecule has 1 saturated heterocycles. The minimum Gasteiger partial charge on any atom is -0.458 e. The van der Waals surface area contributed by atoms with Crippen molar-refractivity contribution in [2.75, 3.05) is 13.2 Å². The van der Waals surface area contributed by atoms with Crippen molar-refractivity contribution in [2.24, 2.45) is 5.73 Å². The van der Waals surface area contributed by atoms with Gasteiger partial charge in [-0.05, 0) is 37.0 Å². The fourth-order valence-corrected chi connectivity index (χ4v) is 5.73. The minimum absolute atomic E-state index is 0.124. The number of H-pyrrole nitrogens is 1. The maximum absolute atomic E-state index is 12.6. The first-order valence-electron chi connectivity index (χ1n) is 14.5. The van der Waals surface area contributed by atoms with Crippen LogP contribution in [0.25, 0.3) is 0 Å². The molecule has 9 heteroatoms. The molecular weight excluding hydrogens is 546 g/mol. The van der Waals surface area contributed by atoms with Crippen molar-refractivity contribution in [1.82, 2.24) is 9.55 Å². The zero-order valence-electron chi connectivity index (χ0n) is 24.3. The molecule has 2 heterocycles. The Hall–Kier alpha value is -4.31. The average Bonchev–Trinajstić information content (AvgIpc) is 3.42. The molecule has 1 aliphatic heterocycles. The Morgan fingerprint density at radius 2 is 1.51 bits per heavy atom. The number of hydrogen-bond acceptors (Lipinski definition) is 7. The monoisotopic (exact) mass is 583 g/mol. The summed E-state index contributed by atoms with van der Waals surface area (Å²) >= 11 is 0. The molecule has 0 spiro atoms. The third-order valence-corrected chi connectivity index (χ3v) is 7.98. The quantitative estimate of drug-likeness (QED) is 0.156. The molecule has 1 fully saturated rings. The molecule has 0 amide bonds. The van der Waals surface area contributed by atoms with Gasteiger partial charge in [-0.1, -0.05) is 91.0 Å². The van der Waals surface area contributed by atoms with Gasteiger partial charge in [-0.15, -0.1) is 0 Å². The number of esters is 1. The van der Waals surface area contributed by atoms with Gasteiger partial charge < -0.3 is 19.9 Å². The number of hydrogen-bond donors (Lipinski definition) is 2. The van der Waals surface area contributed by atoms with Crippen LogP contribution in [0.3, 0.4) is 0 Å². The van der Waals surface area contributed by atoms with Crippen LogP contribution in [-0.4, -0.2) is 47.0 Å². The van der Waals surface area contributed by atoms with Crippen molar-refractivity contribution in [3.05, 3.63) is 140 Å². The fraction of sp³-hybridized carbons (Fsp3) is 0.324. The number of rotatable bonds is 11. The van der Waals surface area contributed by atoms with Crippen molar-refractivity contribution in [3.63, 3.8) is 0 Å². The number of nitrogens with zero attached hydrogens (tertiary/aromatic N) is 1. The van der Waals surface area contributed by atoms with Crippen LogP contribution in [0.2, 0.25) is 0 Å². The highest BCUT2D eigenvalue weighted by Crippen LogP contribution is 2.42. The normalized spacial score (nSPS) is 19.2. The standard InChI is InChI=1S/C34H37N3O6/c1-23-21-37(33(40)36-31(23)38)30-20-28(43-32(39)24(2)35)29(42-30)22-41-19-18-34(25-12-6-3-7-13-25,26-14-8-4-9-15-26)27-16-10-5-11-17-27/h3-17,21,24,28-30H,18-20,22,35H2,1-2H3,(H,36,38,40)/t24?,28-,29+,30+/m0/s1. The van der Waals surface area contributed by atoms with Crippen molar-refractivity contribution in [3.8, 4) is 0 Å². The lowest BCUT2D eigenvalue weighted by Crippen LogP contribution is -2.37. The van der Waals surface area contributed by atoms with Crippen LogP contribution in [0.4, 0.5) is 0 Å². The molecule has 3 N–H and O–H groups in total. The van der Waals surface area contributed by atoms with Crippen molar-refractivity contribution < 1.29 is 19.0 Å². The second-order valence-electron chi connectivity index (χ2n) is 10.9. The lowest BCUT2D eigenvalue weighted by atomic mass is 9.67. The highest BCUT2D eigenvalue weighted by Gasteiger charge is 2.41. The van der Waals surface area contributed by atoms with E-state index in [1.54, 1.807) is 13.8 Å². The number of ether oxygens (including phenoxy) is 3. The van der Waals surface area contributed by atoms with E-state index in [4.69, 9.17) is 19.9 Å². The number of aromatic amines is 1. The first-order chi connectivity index (χ1) is 20.8. The molecule has 5 rings (SSSR count). The van der Waals surface area contributed by atoms with Crippen LogP contribution < -0.4 is 17.0 Å². The van der Waals surface area contributed by atoms with Gasteiger partial charge in [-0.2, -0.15) is 0 Å². The smallest absolute Gasteiger partial charge is 0.330 e. The number of benzene rings is 3. The maximum Gasteiger partial charge on any atom is 0.330 e. The minimum atomic E-state index is -0.818. The second kappa shape index (κ2) is 13.3. The third-order valence-electron chi connectivity index (χ3n) is 7.98. The summed E-state index contributed by atoms with van der Waals surface area (Å²) in [6, 6.07) is 30.3. The number of carbonyl (C=O) groups excluding carboxylic acids is 1. The van der Waals surface area contributed by atoms with Gasteiger partial charge >= 0.3 is 11.7 Å². The summed E-state index contributed by atoms with van der Waals surface area (Å²) in [6.45, 7) is 3.65. The van der Waals surface area contributed by atoms with Gasteiger partial charge in [0.05, 0.1) is 6.61 Å².